The van der Waals surface area contributed by atoms with Crippen molar-refractivity contribution in [2.75, 3.05) is 20.3 Å². The van der Waals surface area contributed by atoms with Gasteiger partial charge in [-0.25, -0.2) is 9.18 Å². The van der Waals surface area contributed by atoms with E-state index in [-0.39, 0.29) is 37.8 Å². The summed E-state index contributed by atoms with van der Waals surface area (Å²) in [5.41, 5.74) is 0. The molecule has 0 bridgehead atoms. The zero-order valence-electron chi connectivity index (χ0n) is 12.4. The van der Waals surface area contributed by atoms with Crippen LogP contribution in [0.1, 0.15) is 19.3 Å². The van der Waals surface area contributed by atoms with Gasteiger partial charge in [-0.3, -0.25) is 4.79 Å². The summed E-state index contributed by atoms with van der Waals surface area (Å²) in [5.74, 6) is -1.27. The van der Waals surface area contributed by atoms with Crippen molar-refractivity contribution in [2.24, 2.45) is 0 Å². The third-order valence-corrected chi connectivity index (χ3v) is 2.87. The molecule has 0 radical (unpaired) electrons. The van der Waals surface area contributed by atoms with Crippen molar-refractivity contribution in [2.45, 2.75) is 25.3 Å². The maximum atomic E-state index is 12.7. The molecular formula is C15H20FNO5. The molecule has 22 heavy (non-hydrogen) atoms. The number of ether oxygens (including phenoxy) is 2. The van der Waals surface area contributed by atoms with Crippen molar-refractivity contribution in [3.8, 4) is 5.75 Å². The third kappa shape index (κ3) is 7.03. The van der Waals surface area contributed by atoms with Crippen molar-refractivity contribution >= 4 is 11.9 Å². The number of benzene rings is 1. The summed E-state index contributed by atoms with van der Waals surface area (Å²) in [5, 5.41) is 11.4. The lowest BCUT2D eigenvalue weighted by Gasteiger charge is -2.14. The van der Waals surface area contributed by atoms with Gasteiger partial charge in [-0.05, 0) is 30.7 Å². The third-order valence-electron chi connectivity index (χ3n) is 2.87. The number of halogens is 1. The van der Waals surface area contributed by atoms with Gasteiger partial charge in [0, 0.05) is 26.6 Å². The van der Waals surface area contributed by atoms with Gasteiger partial charge in [0.1, 0.15) is 17.6 Å². The van der Waals surface area contributed by atoms with Crippen LogP contribution in [0.4, 0.5) is 4.39 Å². The fourth-order valence-electron chi connectivity index (χ4n) is 1.71. The lowest BCUT2D eigenvalue weighted by atomic mass is 10.2. The van der Waals surface area contributed by atoms with Gasteiger partial charge in [-0.15, -0.1) is 0 Å². The zero-order valence-corrected chi connectivity index (χ0v) is 12.4. The molecule has 0 aliphatic rings. The number of carboxylic acid groups (broad SMARTS) is 1. The molecule has 0 aliphatic carbocycles. The fourth-order valence-corrected chi connectivity index (χ4v) is 1.71. The number of hydrogen-bond acceptors (Lipinski definition) is 4. The summed E-state index contributed by atoms with van der Waals surface area (Å²) in [4.78, 5) is 22.6. The number of carbonyl (C=O) groups excluding carboxylic acids is 1. The van der Waals surface area contributed by atoms with Crippen molar-refractivity contribution in [3.63, 3.8) is 0 Å². The van der Waals surface area contributed by atoms with Crippen molar-refractivity contribution < 1.29 is 28.6 Å². The van der Waals surface area contributed by atoms with E-state index in [4.69, 9.17) is 14.6 Å². The fraction of sp³-hybridized carbons (Fsp3) is 0.467. The molecule has 122 valence electrons. The highest BCUT2D eigenvalue weighted by Gasteiger charge is 2.19. The molecule has 6 nitrogen and oxygen atoms in total. The second kappa shape index (κ2) is 9.73. The molecule has 0 saturated heterocycles. The minimum Gasteiger partial charge on any atom is -0.494 e. The molecule has 1 unspecified atom stereocenters. The number of amides is 1. The number of aliphatic carboxylic acids is 1. The SMILES string of the molecule is COCCC(NC(=O)CCCOc1ccc(F)cc1)C(=O)O. The Labute approximate surface area is 128 Å². The Bertz CT molecular complexity index is 477. The van der Waals surface area contributed by atoms with E-state index < -0.39 is 12.0 Å². The normalized spacial score (nSPS) is 11.7. The maximum absolute atomic E-state index is 12.7. The predicted molar refractivity (Wildman–Crippen MR) is 77.2 cm³/mol. The molecule has 1 rings (SSSR count). The second-order valence-electron chi connectivity index (χ2n) is 4.65. The van der Waals surface area contributed by atoms with Crippen molar-refractivity contribution in [1.29, 1.82) is 0 Å². The second-order valence-corrected chi connectivity index (χ2v) is 4.65. The Morgan fingerprint density at radius 1 is 1.27 bits per heavy atom. The molecule has 0 spiro atoms. The molecule has 0 heterocycles. The standard InChI is InChI=1S/C15H20FNO5/c1-21-10-8-13(15(19)20)17-14(18)3-2-9-22-12-6-4-11(16)5-7-12/h4-7,13H,2-3,8-10H2,1H3,(H,17,18)(H,19,20). The minimum absolute atomic E-state index is 0.151. The van der Waals surface area contributed by atoms with Crippen LogP contribution in [0.5, 0.6) is 5.75 Å². The number of hydrogen-bond donors (Lipinski definition) is 2. The Balaban J connectivity index is 2.24. The summed E-state index contributed by atoms with van der Waals surface area (Å²) < 4.78 is 22.8. The Morgan fingerprint density at radius 2 is 1.95 bits per heavy atom. The van der Waals surface area contributed by atoms with Gasteiger partial charge >= 0.3 is 5.97 Å². The van der Waals surface area contributed by atoms with Crippen LogP contribution in [-0.4, -0.2) is 43.3 Å². The molecule has 1 atom stereocenters. The number of rotatable bonds is 10. The van der Waals surface area contributed by atoms with E-state index in [9.17, 15) is 14.0 Å². The van der Waals surface area contributed by atoms with E-state index in [0.717, 1.165) is 0 Å². The Kier molecular flexibility index (Phi) is 7.91. The van der Waals surface area contributed by atoms with Crippen LogP contribution in [0.25, 0.3) is 0 Å². The first-order valence-corrected chi connectivity index (χ1v) is 6.92. The summed E-state index contributed by atoms with van der Waals surface area (Å²) in [7, 11) is 1.47. The largest absolute Gasteiger partial charge is 0.494 e. The number of nitrogens with one attached hydrogen (secondary N) is 1. The smallest absolute Gasteiger partial charge is 0.326 e. The lowest BCUT2D eigenvalue weighted by molar-refractivity contribution is -0.142. The molecule has 1 aromatic rings. The van der Waals surface area contributed by atoms with Gasteiger partial charge in [0.15, 0.2) is 0 Å². The van der Waals surface area contributed by atoms with E-state index >= 15 is 0 Å². The topological polar surface area (TPSA) is 84.9 Å². The van der Waals surface area contributed by atoms with Crippen LogP contribution in [0, 0.1) is 5.82 Å². The molecule has 1 aromatic carbocycles. The van der Waals surface area contributed by atoms with Crippen LogP contribution in [0.3, 0.4) is 0 Å². The zero-order chi connectivity index (χ0) is 16.4. The summed E-state index contributed by atoms with van der Waals surface area (Å²) >= 11 is 0. The van der Waals surface area contributed by atoms with E-state index in [1.54, 1.807) is 0 Å². The van der Waals surface area contributed by atoms with E-state index in [0.29, 0.717) is 12.2 Å². The van der Waals surface area contributed by atoms with Crippen molar-refractivity contribution in [3.05, 3.63) is 30.1 Å². The number of methoxy groups -OCH3 is 1. The number of carboxylic acids is 1. The van der Waals surface area contributed by atoms with Gasteiger partial charge in [-0.1, -0.05) is 0 Å². The van der Waals surface area contributed by atoms with E-state index in [1.165, 1.54) is 31.4 Å². The van der Waals surface area contributed by atoms with Crippen LogP contribution in [-0.2, 0) is 14.3 Å². The lowest BCUT2D eigenvalue weighted by Crippen LogP contribution is -2.41. The van der Waals surface area contributed by atoms with Gasteiger partial charge < -0.3 is 19.9 Å². The molecule has 7 heteroatoms. The van der Waals surface area contributed by atoms with Gasteiger partial charge in [0.05, 0.1) is 6.61 Å². The Hall–Kier alpha value is -2.15. The minimum atomic E-state index is -1.09. The first-order valence-electron chi connectivity index (χ1n) is 6.92. The predicted octanol–water partition coefficient (Wildman–Crippen LogP) is 1.59. The summed E-state index contributed by atoms with van der Waals surface area (Å²) in [6.45, 7) is 0.541. The quantitative estimate of drug-likeness (QED) is 0.641. The summed E-state index contributed by atoms with van der Waals surface area (Å²) in [6, 6.07) is 4.62. The van der Waals surface area contributed by atoms with Crippen molar-refractivity contribution in [1.82, 2.24) is 5.32 Å². The van der Waals surface area contributed by atoms with Crippen LogP contribution in [0.15, 0.2) is 24.3 Å². The van der Waals surface area contributed by atoms with Crippen LogP contribution >= 0.6 is 0 Å². The average Bonchev–Trinajstić information content (AvgIpc) is 2.49. The van der Waals surface area contributed by atoms with E-state index in [1.807, 2.05) is 0 Å². The molecular weight excluding hydrogens is 293 g/mol. The monoisotopic (exact) mass is 313 g/mol. The first-order chi connectivity index (χ1) is 10.5. The molecule has 0 fully saturated rings. The van der Waals surface area contributed by atoms with Gasteiger partial charge in [0.25, 0.3) is 0 Å². The van der Waals surface area contributed by atoms with Gasteiger partial charge in [-0.2, -0.15) is 0 Å². The maximum Gasteiger partial charge on any atom is 0.326 e. The molecule has 1 amide bonds. The number of carbonyl (C=O) groups is 2. The van der Waals surface area contributed by atoms with Crippen LogP contribution < -0.4 is 10.1 Å². The first kappa shape index (κ1) is 17.9. The van der Waals surface area contributed by atoms with Crippen LogP contribution in [0.2, 0.25) is 0 Å². The highest BCUT2D eigenvalue weighted by atomic mass is 19.1. The molecule has 0 saturated carbocycles. The average molecular weight is 313 g/mol. The molecule has 0 aliphatic heterocycles. The van der Waals surface area contributed by atoms with E-state index in [2.05, 4.69) is 5.32 Å². The Morgan fingerprint density at radius 3 is 2.55 bits per heavy atom. The highest BCUT2D eigenvalue weighted by Crippen LogP contribution is 2.11. The molecule has 0 aromatic heterocycles. The van der Waals surface area contributed by atoms with Gasteiger partial charge in [0.2, 0.25) is 5.91 Å². The highest BCUT2D eigenvalue weighted by molar-refractivity contribution is 5.83. The molecule has 2 N–H and O–H groups in total. The summed E-state index contributed by atoms with van der Waals surface area (Å²) in [6.07, 6.45) is 0.793.